The number of fused-ring (bicyclic) bond motifs is 3. The topological polar surface area (TPSA) is 67.5 Å². The van der Waals surface area contributed by atoms with E-state index in [9.17, 15) is 9.18 Å². The Kier molecular flexibility index (Phi) is 8.73. The van der Waals surface area contributed by atoms with E-state index in [1.165, 1.54) is 12.1 Å². The van der Waals surface area contributed by atoms with Gasteiger partial charge in [-0.25, -0.2) is 9.18 Å². The Morgan fingerprint density at radius 2 is 1.93 bits per heavy atom. The second-order valence-corrected chi connectivity index (χ2v) is 11.2. The van der Waals surface area contributed by atoms with Crippen molar-refractivity contribution in [1.82, 2.24) is 14.3 Å². The lowest BCUT2D eigenvalue weighted by Gasteiger charge is -2.14. The first kappa shape index (κ1) is 29.9. The van der Waals surface area contributed by atoms with Gasteiger partial charge >= 0.3 is 5.97 Å². The zero-order valence-electron chi connectivity index (χ0n) is 25.2. The Labute approximate surface area is 260 Å². The SMILES string of the molecule is CCOC(=O)c1c(CCCOc2cccc3cc(F)ccc23)c2ccc(Cl)c3c2n1C/C=C\COCc1nn(C)c(CC)c1-3. The fourth-order valence-electron chi connectivity index (χ4n) is 6.27. The lowest BCUT2D eigenvalue weighted by molar-refractivity contribution is 0.0513. The van der Waals surface area contributed by atoms with E-state index in [0.717, 1.165) is 56.2 Å². The molecule has 7 nitrogen and oxygen atoms in total. The first-order chi connectivity index (χ1) is 21.4. The predicted molar refractivity (Wildman–Crippen MR) is 171 cm³/mol. The van der Waals surface area contributed by atoms with Crippen LogP contribution >= 0.6 is 11.6 Å². The van der Waals surface area contributed by atoms with Gasteiger partial charge in [0.1, 0.15) is 17.3 Å². The summed E-state index contributed by atoms with van der Waals surface area (Å²) < 4.78 is 35.5. The monoisotopic (exact) mass is 615 g/mol. The molecule has 0 saturated heterocycles. The first-order valence-corrected chi connectivity index (χ1v) is 15.4. The molecular weight excluding hydrogens is 581 g/mol. The van der Waals surface area contributed by atoms with Crippen LogP contribution < -0.4 is 4.74 Å². The van der Waals surface area contributed by atoms with Gasteiger partial charge in [-0.15, -0.1) is 0 Å². The van der Waals surface area contributed by atoms with Gasteiger partial charge < -0.3 is 18.8 Å². The van der Waals surface area contributed by atoms with Crippen molar-refractivity contribution in [2.45, 2.75) is 46.3 Å². The quantitative estimate of drug-likeness (QED) is 0.101. The summed E-state index contributed by atoms with van der Waals surface area (Å²) in [5, 5.41) is 7.97. The number of esters is 1. The Bertz CT molecular complexity index is 1890. The first-order valence-electron chi connectivity index (χ1n) is 15.0. The Hall–Kier alpha value is -4.14. The molecule has 0 N–H and O–H groups in total. The van der Waals surface area contributed by atoms with Gasteiger partial charge in [0.05, 0.1) is 42.7 Å². The number of hydrogen-bond donors (Lipinski definition) is 0. The van der Waals surface area contributed by atoms with Gasteiger partial charge in [-0.1, -0.05) is 48.9 Å². The molecular formula is C35H35ClFN3O4. The molecule has 0 atom stereocenters. The summed E-state index contributed by atoms with van der Waals surface area (Å²) in [6.45, 7) is 5.79. The second-order valence-electron chi connectivity index (χ2n) is 10.8. The van der Waals surface area contributed by atoms with E-state index in [1.807, 2.05) is 65.7 Å². The van der Waals surface area contributed by atoms with E-state index < -0.39 is 0 Å². The van der Waals surface area contributed by atoms with Gasteiger partial charge in [0.15, 0.2) is 0 Å². The summed E-state index contributed by atoms with van der Waals surface area (Å²) in [4.78, 5) is 13.7. The highest BCUT2D eigenvalue weighted by atomic mass is 35.5. The standard InChI is InChI=1S/C35H35ClFN3O4/c1-4-29-32-28(38-39(29)3)21-42-18-7-6-17-40-33-26(15-16-27(36)31(32)33)25(34(40)35(41)43-5-2)11-9-19-44-30-12-8-10-22-20-23(37)13-14-24(22)30/h6-8,10,12-16,20H,4-5,9,11,17-19,21H2,1-3H3/b7-6-. The highest BCUT2D eigenvalue weighted by molar-refractivity contribution is 6.35. The van der Waals surface area contributed by atoms with Crippen LogP contribution in [0.1, 0.15) is 47.7 Å². The minimum Gasteiger partial charge on any atom is -0.493 e. The van der Waals surface area contributed by atoms with Crippen LogP contribution in [0.4, 0.5) is 4.39 Å². The van der Waals surface area contributed by atoms with Crippen LogP contribution in [-0.2, 0) is 42.5 Å². The zero-order valence-corrected chi connectivity index (χ0v) is 25.9. The summed E-state index contributed by atoms with van der Waals surface area (Å²) >= 11 is 7.02. The van der Waals surface area contributed by atoms with Crippen molar-refractivity contribution < 1.29 is 23.4 Å². The van der Waals surface area contributed by atoms with Crippen LogP contribution in [0.15, 0.2) is 60.7 Å². The molecule has 0 spiro atoms. The summed E-state index contributed by atoms with van der Waals surface area (Å²) in [7, 11) is 1.94. The molecule has 0 aliphatic carbocycles. The summed E-state index contributed by atoms with van der Waals surface area (Å²) in [6, 6.07) is 14.2. The molecule has 0 fully saturated rings. The number of benzene rings is 3. The third-order valence-corrected chi connectivity index (χ3v) is 8.42. The van der Waals surface area contributed by atoms with Crippen molar-refractivity contribution in [2.75, 3.05) is 19.8 Å². The number of carbonyl (C=O) groups is 1. The van der Waals surface area contributed by atoms with Crippen LogP contribution in [0, 0.1) is 5.82 Å². The van der Waals surface area contributed by atoms with Crippen molar-refractivity contribution in [3.05, 3.63) is 94.2 Å². The molecule has 9 heteroatoms. The Morgan fingerprint density at radius 3 is 2.75 bits per heavy atom. The molecule has 0 unspecified atom stereocenters. The van der Waals surface area contributed by atoms with Gasteiger partial charge in [-0.2, -0.15) is 5.10 Å². The molecule has 0 amide bonds. The number of halogens is 2. The van der Waals surface area contributed by atoms with E-state index in [1.54, 1.807) is 6.07 Å². The molecule has 6 rings (SSSR count). The average molecular weight is 616 g/mol. The van der Waals surface area contributed by atoms with E-state index in [4.69, 9.17) is 30.9 Å². The average Bonchev–Trinajstić information content (AvgIpc) is 3.48. The molecule has 44 heavy (non-hydrogen) atoms. The number of aryl methyl sites for hydroxylation is 2. The van der Waals surface area contributed by atoms with Gasteiger partial charge in [-0.3, -0.25) is 4.68 Å². The third-order valence-electron chi connectivity index (χ3n) is 8.11. The molecule has 228 valence electrons. The molecule has 3 aromatic carbocycles. The minimum absolute atomic E-state index is 0.259. The number of hydrogen-bond acceptors (Lipinski definition) is 5. The van der Waals surface area contributed by atoms with Gasteiger partial charge in [0.2, 0.25) is 0 Å². The van der Waals surface area contributed by atoms with Crippen LogP contribution in [-0.4, -0.2) is 40.1 Å². The molecule has 1 aliphatic heterocycles. The molecule has 3 heterocycles. The molecule has 0 bridgehead atoms. The number of carbonyl (C=O) groups excluding carboxylic acids is 1. The largest absolute Gasteiger partial charge is 0.493 e. The Morgan fingerprint density at radius 1 is 1.09 bits per heavy atom. The summed E-state index contributed by atoms with van der Waals surface area (Å²) in [5.74, 6) is 0.0388. The van der Waals surface area contributed by atoms with E-state index in [-0.39, 0.29) is 18.4 Å². The number of allylic oxidation sites excluding steroid dienone is 1. The molecule has 5 aromatic rings. The highest BCUT2D eigenvalue weighted by Gasteiger charge is 2.29. The van der Waals surface area contributed by atoms with Crippen molar-refractivity contribution in [2.24, 2.45) is 7.05 Å². The number of ether oxygens (including phenoxy) is 3. The summed E-state index contributed by atoms with van der Waals surface area (Å²) in [5.41, 5.74) is 5.93. The minimum atomic E-state index is -0.376. The third kappa shape index (κ3) is 5.48. The normalized spacial score (nSPS) is 13.9. The molecule has 0 saturated carbocycles. The zero-order chi connectivity index (χ0) is 30.8. The van der Waals surface area contributed by atoms with Gasteiger partial charge in [0, 0.05) is 41.2 Å². The maximum absolute atomic E-state index is 13.8. The maximum Gasteiger partial charge on any atom is 0.355 e. The second kappa shape index (κ2) is 12.8. The predicted octanol–water partition coefficient (Wildman–Crippen LogP) is 7.82. The van der Waals surface area contributed by atoms with E-state index in [2.05, 4.69) is 6.92 Å². The van der Waals surface area contributed by atoms with Gasteiger partial charge in [0.25, 0.3) is 0 Å². The number of aromatic nitrogens is 3. The number of nitrogens with zero attached hydrogens (tertiary/aromatic N) is 3. The van der Waals surface area contributed by atoms with Gasteiger partial charge in [-0.05, 0) is 67.5 Å². The van der Waals surface area contributed by atoms with Crippen molar-refractivity contribution in [3.63, 3.8) is 0 Å². The Balaban J connectivity index is 1.45. The fraction of sp³-hybridized carbons (Fsp3) is 0.314. The van der Waals surface area contributed by atoms with E-state index in [0.29, 0.717) is 55.7 Å². The van der Waals surface area contributed by atoms with Crippen LogP contribution in [0.2, 0.25) is 5.02 Å². The fourth-order valence-corrected chi connectivity index (χ4v) is 6.51. The van der Waals surface area contributed by atoms with Crippen LogP contribution in [0.5, 0.6) is 5.75 Å². The summed E-state index contributed by atoms with van der Waals surface area (Å²) in [6.07, 6.45) is 5.94. The van der Waals surface area contributed by atoms with Crippen molar-refractivity contribution in [1.29, 1.82) is 0 Å². The lowest BCUT2D eigenvalue weighted by Crippen LogP contribution is -2.14. The lowest BCUT2D eigenvalue weighted by atomic mass is 9.97. The highest BCUT2D eigenvalue weighted by Crippen LogP contribution is 2.43. The number of rotatable bonds is 8. The molecule has 0 radical (unpaired) electrons. The smallest absolute Gasteiger partial charge is 0.355 e. The van der Waals surface area contributed by atoms with Crippen LogP contribution in [0.3, 0.4) is 0 Å². The van der Waals surface area contributed by atoms with Crippen LogP contribution in [0.25, 0.3) is 32.8 Å². The van der Waals surface area contributed by atoms with E-state index >= 15 is 0 Å². The van der Waals surface area contributed by atoms with Crippen molar-refractivity contribution >= 4 is 39.2 Å². The maximum atomic E-state index is 13.8. The van der Waals surface area contributed by atoms with Crippen molar-refractivity contribution in [3.8, 4) is 16.9 Å². The molecule has 1 aliphatic rings. The molecule has 2 aromatic heterocycles.